The highest BCUT2D eigenvalue weighted by Gasteiger charge is 2.22. The fourth-order valence-corrected chi connectivity index (χ4v) is 2.40. The number of carboxylic acids is 1. The first-order valence-electron chi connectivity index (χ1n) is 6.53. The minimum Gasteiger partial charge on any atom is -0.480 e. The molecule has 1 aromatic heterocycles. The summed E-state index contributed by atoms with van der Waals surface area (Å²) in [5, 5.41) is 11.4. The molecule has 2 N–H and O–H groups in total. The Morgan fingerprint density at radius 3 is 2.57 bits per heavy atom. The van der Waals surface area contributed by atoms with Gasteiger partial charge in [0, 0.05) is 6.26 Å². The SMILES string of the molecule is CCCCC(NC(=O)c1ccc(CS(C)(=O)=O)o1)C(=O)O. The molecule has 0 aliphatic carbocycles. The molecule has 1 amide bonds. The highest BCUT2D eigenvalue weighted by Crippen LogP contribution is 2.12. The van der Waals surface area contributed by atoms with Gasteiger partial charge in [-0.25, -0.2) is 13.2 Å². The Bertz CT molecular complexity index is 604. The number of amides is 1. The van der Waals surface area contributed by atoms with Crippen LogP contribution in [0.1, 0.15) is 42.5 Å². The van der Waals surface area contributed by atoms with E-state index in [2.05, 4.69) is 5.32 Å². The largest absolute Gasteiger partial charge is 0.480 e. The zero-order valence-electron chi connectivity index (χ0n) is 12.0. The van der Waals surface area contributed by atoms with E-state index in [1.165, 1.54) is 12.1 Å². The van der Waals surface area contributed by atoms with Gasteiger partial charge in [-0.1, -0.05) is 19.8 Å². The van der Waals surface area contributed by atoms with Crippen LogP contribution in [-0.2, 0) is 20.4 Å². The summed E-state index contributed by atoms with van der Waals surface area (Å²) >= 11 is 0. The first-order valence-corrected chi connectivity index (χ1v) is 8.59. The Labute approximate surface area is 123 Å². The molecule has 8 heteroatoms. The van der Waals surface area contributed by atoms with E-state index in [1.54, 1.807) is 0 Å². The second-order valence-corrected chi connectivity index (χ2v) is 6.98. The third kappa shape index (κ3) is 5.99. The molecular weight excluding hydrogens is 298 g/mol. The molecular formula is C13H19NO6S. The van der Waals surface area contributed by atoms with Crippen molar-refractivity contribution in [1.82, 2.24) is 5.32 Å². The van der Waals surface area contributed by atoms with Gasteiger partial charge in [0.1, 0.15) is 17.6 Å². The van der Waals surface area contributed by atoms with Crippen LogP contribution in [0.4, 0.5) is 0 Å². The fraction of sp³-hybridized carbons (Fsp3) is 0.538. The maximum Gasteiger partial charge on any atom is 0.326 e. The lowest BCUT2D eigenvalue weighted by atomic mass is 10.1. The number of carbonyl (C=O) groups excluding carboxylic acids is 1. The van der Waals surface area contributed by atoms with Crippen LogP contribution in [0.2, 0.25) is 0 Å². The van der Waals surface area contributed by atoms with Crippen LogP contribution in [0.15, 0.2) is 16.5 Å². The monoisotopic (exact) mass is 317 g/mol. The third-order valence-electron chi connectivity index (χ3n) is 2.74. The zero-order chi connectivity index (χ0) is 16.0. The molecule has 0 spiro atoms. The van der Waals surface area contributed by atoms with Crippen LogP contribution < -0.4 is 5.32 Å². The number of hydrogen-bond donors (Lipinski definition) is 2. The minimum atomic E-state index is -3.26. The number of aliphatic carboxylic acids is 1. The summed E-state index contributed by atoms with van der Waals surface area (Å²) in [6, 6.07) is 1.73. The fourth-order valence-electron chi connectivity index (χ4n) is 1.73. The number of rotatable bonds is 8. The van der Waals surface area contributed by atoms with E-state index in [4.69, 9.17) is 9.52 Å². The van der Waals surface area contributed by atoms with Crippen molar-refractivity contribution in [2.45, 2.75) is 38.0 Å². The van der Waals surface area contributed by atoms with Crippen LogP contribution in [0, 0.1) is 0 Å². The lowest BCUT2D eigenvalue weighted by Gasteiger charge is -2.12. The highest BCUT2D eigenvalue weighted by atomic mass is 32.2. The Hall–Kier alpha value is -1.83. The van der Waals surface area contributed by atoms with Crippen molar-refractivity contribution in [2.24, 2.45) is 0 Å². The summed E-state index contributed by atoms with van der Waals surface area (Å²) in [5.74, 6) is -2.05. The van der Waals surface area contributed by atoms with Gasteiger partial charge < -0.3 is 14.8 Å². The molecule has 0 aliphatic rings. The number of sulfone groups is 1. The number of nitrogens with one attached hydrogen (secondary N) is 1. The number of carboxylic acid groups (broad SMARTS) is 1. The Kier molecular flexibility index (Phi) is 5.95. The van der Waals surface area contributed by atoms with Gasteiger partial charge in [0.05, 0.1) is 0 Å². The van der Waals surface area contributed by atoms with E-state index in [0.717, 1.165) is 12.7 Å². The van der Waals surface area contributed by atoms with E-state index in [-0.39, 0.29) is 17.3 Å². The van der Waals surface area contributed by atoms with E-state index in [9.17, 15) is 18.0 Å². The van der Waals surface area contributed by atoms with E-state index in [1.807, 2.05) is 6.92 Å². The maximum atomic E-state index is 11.9. The van der Waals surface area contributed by atoms with Gasteiger partial charge in [0.25, 0.3) is 5.91 Å². The minimum absolute atomic E-state index is 0.101. The summed E-state index contributed by atoms with van der Waals surface area (Å²) in [6.07, 6.45) is 2.88. The van der Waals surface area contributed by atoms with Gasteiger partial charge in [0.15, 0.2) is 15.6 Å². The molecule has 7 nitrogen and oxygen atoms in total. The average molecular weight is 317 g/mol. The summed E-state index contributed by atoms with van der Waals surface area (Å²) in [4.78, 5) is 22.9. The number of hydrogen-bond acceptors (Lipinski definition) is 5. The molecule has 1 atom stereocenters. The van der Waals surface area contributed by atoms with Crippen LogP contribution in [0.3, 0.4) is 0 Å². The van der Waals surface area contributed by atoms with Gasteiger partial charge in [0.2, 0.25) is 0 Å². The number of furan rings is 1. The van der Waals surface area contributed by atoms with E-state index >= 15 is 0 Å². The van der Waals surface area contributed by atoms with Gasteiger partial charge in [-0.2, -0.15) is 0 Å². The second kappa shape index (κ2) is 7.26. The lowest BCUT2D eigenvalue weighted by molar-refractivity contribution is -0.139. The normalized spacial score (nSPS) is 12.9. The molecule has 0 radical (unpaired) electrons. The predicted octanol–water partition coefficient (Wildman–Crippen LogP) is 1.20. The van der Waals surface area contributed by atoms with E-state index < -0.39 is 27.8 Å². The molecule has 21 heavy (non-hydrogen) atoms. The Morgan fingerprint density at radius 1 is 1.38 bits per heavy atom. The van der Waals surface area contributed by atoms with Crippen molar-refractivity contribution in [3.8, 4) is 0 Å². The third-order valence-corrected chi connectivity index (χ3v) is 3.55. The predicted molar refractivity (Wildman–Crippen MR) is 75.7 cm³/mol. The Morgan fingerprint density at radius 2 is 2.05 bits per heavy atom. The van der Waals surface area contributed by atoms with Gasteiger partial charge in [-0.15, -0.1) is 0 Å². The molecule has 0 saturated carbocycles. The van der Waals surface area contributed by atoms with Crippen LogP contribution >= 0.6 is 0 Å². The maximum absolute atomic E-state index is 11.9. The Balaban J connectivity index is 2.72. The smallest absolute Gasteiger partial charge is 0.326 e. The van der Waals surface area contributed by atoms with Crippen molar-refractivity contribution < 1.29 is 27.5 Å². The van der Waals surface area contributed by atoms with Crippen LogP contribution in [0.25, 0.3) is 0 Å². The first-order chi connectivity index (χ1) is 9.73. The quantitative estimate of drug-likeness (QED) is 0.744. The van der Waals surface area contributed by atoms with Crippen molar-refractivity contribution in [3.63, 3.8) is 0 Å². The first kappa shape index (κ1) is 17.2. The molecule has 0 fully saturated rings. The second-order valence-electron chi connectivity index (χ2n) is 4.84. The molecule has 1 rings (SSSR count). The molecule has 0 aromatic carbocycles. The number of carbonyl (C=O) groups is 2. The highest BCUT2D eigenvalue weighted by molar-refractivity contribution is 7.89. The summed E-state index contributed by atoms with van der Waals surface area (Å²) in [6.45, 7) is 1.92. The van der Waals surface area contributed by atoms with Crippen LogP contribution in [0.5, 0.6) is 0 Å². The summed E-state index contributed by atoms with van der Waals surface area (Å²) in [7, 11) is -3.26. The van der Waals surface area contributed by atoms with Gasteiger partial charge >= 0.3 is 5.97 Å². The standard InChI is InChI=1S/C13H19NO6S/c1-3-4-5-10(13(16)17)14-12(15)11-7-6-9(20-11)8-21(2,18)19/h6-7,10H,3-5,8H2,1-2H3,(H,14,15)(H,16,17). The van der Waals surface area contributed by atoms with Crippen molar-refractivity contribution >= 4 is 21.7 Å². The summed E-state index contributed by atoms with van der Waals surface area (Å²) < 4.78 is 27.4. The summed E-state index contributed by atoms with van der Waals surface area (Å²) in [5.41, 5.74) is 0. The van der Waals surface area contributed by atoms with Gasteiger partial charge in [-0.3, -0.25) is 4.79 Å². The van der Waals surface area contributed by atoms with Crippen molar-refractivity contribution in [1.29, 1.82) is 0 Å². The van der Waals surface area contributed by atoms with E-state index in [0.29, 0.717) is 12.8 Å². The molecule has 118 valence electrons. The topological polar surface area (TPSA) is 114 Å². The van der Waals surface area contributed by atoms with Gasteiger partial charge in [-0.05, 0) is 18.6 Å². The number of unbranched alkanes of at least 4 members (excludes halogenated alkanes) is 1. The molecule has 0 bridgehead atoms. The van der Waals surface area contributed by atoms with Crippen molar-refractivity contribution in [3.05, 3.63) is 23.7 Å². The molecule has 0 aliphatic heterocycles. The molecule has 1 heterocycles. The van der Waals surface area contributed by atoms with Crippen molar-refractivity contribution in [2.75, 3.05) is 6.26 Å². The average Bonchev–Trinajstić information content (AvgIpc) is 2.79. The molecule has 1 aromatic rings. The molecule has 0 saturated heterocycles. The molecule has 1 unspecified atom stereocenters. The zero-order valence-corrected chi connectivity index (χ0v) is 12.8. The lowest BCUT2D eigenvalue weighted by Crippen LogP contribution is -2.40. The van der Waals surface area contributed by atoms with Crippen LogP contribution in [-0.4, -0.2) is 37.7 Å².